The van der Waals surface area contributed by atoms with Crippen molar-refractivity contribution in [2.45, 2.75) is 30.9 Å². The highest BCUT2D eigenvalue weighted by atomic mass is 32.2. The van der Waals surface area contributed by atoms with Gasteiger partial charge in [-0.15, -0.1) is 11.8 Å². The number of rotatable bonds is 7. The van der Waals surface area contributed by atoms with Crippen LogP contribution in [0.3, 0.4) is 0 Å². The van der Waals surface area contributed by atoms with Crippen LogP contribution in [-0.2, 0) is 9.59 Å². The second kappa shape index (κ2) is 9.28. The molecular weight excluding hydrogens is 332 g/mol. The zero-order valence-corrected chi connectivity index (χ0v) is 15.7. The van der Waals surface area contributed by atoms with Crippen LogP contribution in [-0.4, -0.2) is 29.8 Å². The first kappa shape index (κ1) is 19.1. The van der Waals surface area contributed by atoms with Crippen LogP contribution in [0.2, 0.25) is 0 Å². The van der Waals surface area contributed by atoms with Crippen molar-refractivity contribution in [2.24, 2.45) is 0 Å². The van der Waals surface area contributed by atoms with Crippen molar-refractivity contribution in [3.63, 3.8) is 0 Å². The lowest BCUT2D eigenvalue weighted by atomic mass is 10.1. The predicted molar refractivity (Wildman–Crippen MR) is 104 cm³/mol. The number of thioether (sulfide) groups is 1. The summed E-state index contributed by atoms with van der Waals surface area (Å²) in [7, 11) is 0. The Morgan fingerprint density at radius 3 is 2.12 bits per heavy atom. The lowest BCUT2D eigenvalue weighted by Gasteiger charge is -2.25. The molecule has 2 aromatic carbocycles. The van der Waals surface area contributed by atoms with Gasteiger partial charge in [0.05, 0.1) is 0 Å². The van der Waals surface area contributed by atoms with Gasteiger partial charge in [-0.1, -0.05) is 30.3 Å². The first-order valence-electron chi connectivity index (χ1n) is 8.43. The molecule has 2 rings (SSSR count). The molecule has 0 radical (unpaired) electrons. The first-order chi connectivity index (χ1) is 12.0. The summed E-state index contributed by atoms with van der Waals surface area (Å²) in [6.45, 7) is 6.87. The van der Waals surface area contributed by atoms with E-state index in [1.165, 1.54) is 18.7 Å². The number of nitrogens with one attached hydrogen (secondary N) is 1. The van der Waals surface area contributed by atoms with Gasteiger partial charge < -0.3 is 10.2 Å². The summed E-state index contributed by atoms with van der Waals surface area (Å²) in [6.07, 6.45) is 0. The third kappa shape index (κ3) is 5.36. The quantitative estimate of drug-likeness (QED) is 0.751. The van der Waals surface area contributed by atoms with E-state index in [1.807, 2.05) is 73.3 Å². The van der Waals surface area contributed by atoms with Crippen molar-refractivity contribution in [1.29, 1.82) is 0 Å². The Balaban J connectivity index is 2.24. The molecule has 2 aromatic rings. The summed E-state index contributed by atoms with van der Waals surface area (Å²) in [5, 5.41) is 2.47. The van der Waals surface area contributed by atoms with Crippen molar-refractivity contribution in [3.8, 4) is 0 Å². The third-order valence-electron chi connectivity index (χ3n) is 3.83. The lowest BCUT2D eigenvalue weighted by molar-refractivity contribution is -0.130. The van der Waals surface area contributed by atoms with Crippen LogP contribution < -0.4 is 5.32 Å². The van der Waals surface area contributed by atoms with Crippen LogP contribution in [0, 0.1) is 0 Å². The minimum Gasteiger partial charge on any atom is -0.342 e. The molecule has 2 amide bonds. The van der Waals surface area contributed by atoms with Crippen molar-refractivity contribution in [1.82, 2.24) is 4.90 Å². The van der Waals surface area contributed by atoms with Crippen LogP contribution in [0.25, 0.3) is 0 Å². The van der Waals surface area contributed by atoms with Gasteiger partial charge in [-0.2, -0.15) is 0 Å². The van der Waals surface area contributed by atoms with Crippen molar-refractivity contribution >= 4 is 29.3 Å². The summed E-state index contributed by atoms with van der Waals surface area (Å²) >= 11 is 1.53. The van der Waals surface area contributed by atoms with Gasteiger partial charge >= 0.3 is 0 Å². The number of benzene rings is 2. The molecule has 1 unspecified atom stereocenters. The van der Waals surface area contributed by atoms with E-state index in [0.29, 0.717) is 13.1 Å². The monoisotopic (exact) mass is 356 g/mol. The Labute approximate surface area is 153 Å². The number of likely N-dealkylation sites (N-methyl/N-ethyl adjacent to an activating group) is 1. The number of nitrogens with zero attached hydrogens (tertiary/aromatic N) is 1. The maximum atomic E-state index is 13.0. The molecule has 4 nitrogen and oxygen atoms in total. The molecule has 0 aromatic heterocycles. The van der Waals surface area contributed by atoms with Crippen molar-refractivity contribution < 1.29 is 9.59 Å². The minimum atomic E-state index is -0.285. The molecule has 25 heavy (non-hydrogen) atoms. The minimum absolute atomic E-state index is 0.0979. The topological polar surface area (TPSA) is 49.4 Å². The van der Waals surface area contributed by atoms with Gasteiger partial charge in [0.15, 0.2) is 0 Å². The summed E-state index contributed by atoms with van der Waals surface area (Å²) in [5.41, 5.74) is 1.75. The molecule has 1 atom stereocenters. The average Bonchev–Trinajstić information content (AvgIpc) is 2.62. The van der Waals surface area contributed by atoms with E-state index >= 15 is 0 Å². The molecule has 0 heterocycles. The number of carbonyl (C=O) groups is 2. The number of amides is 2. The highest BCUT2D eigenvalue weighted by Gasteiger charge is 2.25. The molecule has 0 bridgehead atoms. The van der Waals surface area contributed by atoms with Crippen molar-refractivity contribution in [3.05, 3.63) is 60.2 Å². The van der Waals surface area contributed by atoms with E-state index in [0.717, 1.165) is 16.1 Å². The fourth-order valence-corrected chi connectivity index (χ4v) is 3.65. The van der Waals surface area contributed by atoms with Crippen LogP contribution in [0.15, 0.2) is 59.5 Å². The van der Waals surface area contributed by atoms with Gasteiger partial charge in [0.25, 0.3) is 0 Å². The zero-order chi connectivity index (χ0) is 18.2. The SMILES string of the molecule is CCN(CC)C(=O)C(Sc1ccc(NC(C)=O)cc1)c1ccccc1. The molecule has 132 valence electrons. The fraction of sp³-hybridized carbons (Fsp3) is 0.300. The summed E-state index contributed by atoms with van der Waals surface area (Å²) in [5.74, 6) is 0.0198. The summed E-state index contributed by atoms with van der Waals surface area (Å²) in [6, 6.07) is 17.4. The molecule has 0 aliphatic carbocycles. The maximum Gasteiger partial charge on any atom is 0.240 e. The van der Waals surface area contributed by atoms with Gasteiger partial charge in [0.2, 0.25) is 11.8 Å². The second-order valence-corrected chi connectivity index (χ2v) is 6.80. The number of carbonyl (C=O) groups excluding carboxylic acids is 2. The van der Waals surface area contributed by atoms with Crippen LogP contribution in [0.5, 0.6) is 0 Å². The molecular formula is C20H24N2O2S. The van der Waals surface area contributed by atoms with E-state index in [-0.39, 0.29) is 17.1 Å². The van der Waals surface area contributed by atoms with Gasteiger partial charge in [-0.05, 0) is 43.7 Å². The normalized spacial score (nSPS) is 11.6. The van der Waals surface area contributed by atoms with E-state index in [1.54, 1.807) is 0 Å². The van der Waals surface area contributed by atoms with E-state index in [4.69, 9.17) is 0 Å². The van der Waals surface area contributed by atoms with E-state index in [2.05, 4.69) is 5.32 Å². The smallest absolute Gasteiger partial charge is 0.240 e. The highest BCUT2D eigenvalue weighted by Crippen LogP contribution is 2.37. The second-order valence-electron chi connectivity index (χ2n) is 5.62. The molecule has 0 saturated heterocycles. The Hall–Kier alpha value is -2.27. The molecule has 0 saturated carbocycles. The van der Waals surface area contributed by atoms with E-state index < -0.39 is 0 Å². The standard InChI is InChI=1S/C20H24N2O2S/c1-4-22(5-2)20(24)19(16-9-7-6-8-10-16)25-18-13-11-17(12-14-18)21-15(3)23/h6-14,19H,4-5H2,1-3H3,(H,21,23). The van der Waals surface area contributed by atoms with Gasteiger partial charge in [0, 0.05) is 30.6 Å². The maximum absolute atomic E-state index is 13.0. The van der Waals surface area contributed by atoms with Gasteiger partial charge in [-0.25, -0.2) is 0 Å². The summed E-state index contributed by atoms with van der Waals surface area (Å²) < 4.78 is 0. The molecule has 5 heteroatoms. The lowest BCUT2D eigenvalue weighted by Crippen LogP contribution is -2.33. The van der Waals surface area contributed by atoms with Crippen molar-refractivity contribution in [2.75, 3.05) is 18.4 Å². The molecule has 0 spiro atoms. The largest absolute Gasteiger partial charge is 0.342 e. The highest BCUT2D eigenvalue weighted by molar-refractivity contribution is 8.00. The fourth-order valence-electron chi connectivity index (χ4n) is 2.55. The van der Waals surface area contributed by atoms with Gasteiger partial charge in [0.1, 0.15) is 5.25 Å². The Bertz CT molecular complexity index is 697. The zero-order valence-electron chi connectivity index (χ0n) is 14.9. The Morgan fingerprint density at radius 2 is 1.60 bits per heavy atom. The molecule has 0 fully saturated rings. The van der Waals surface area contributed by atoms with Crippen LogP contribution in [0.1, 0.15) is 31.6 Å². The van der Waals surface area contributed by atoms with Gasteiger partial charge in [-0.3, -0.25) is 9.59 Å². The molecule has 0 aliphatic heterocycles. The average molecular weight is 356 g/mol. The van der Waals surface area contributed by atoms with Crippen LogP contribution >= 0.6 is 11.8 Å². The number of hydrogen-bond acceptors (Lipinski definition) is 3. The first-order valence-corrected chi connectivity index (χ1v) is 9.31. The van der Waals surface area contributed by atoms with Crippen LogP contribution in [0.4, 0.5) is 5.69 Å². The Morgan fingerprint density at radius 1 is 1.00 bits per heavy atom. The third-order valence-corrected chi connectivity index (χ3v) is 5.08. The summed E-state index contributed by atoms with van der Waals surface area (Å²) in [4.78, 5) is 26.9. The number of anilines is 1. The molecule has 0 aliphatic rings. The predicted octanol–water partition coefficient (Wildman–Crippen LogP) is 4.35. The molecule has 1 N–H and O–H groups in total. The number of hydrogen-bond donors (Lipinski definition) is 1. The van der Waals surface area contributed by atoms with E-state index in [9.17, 15) is 9.59 Å². The Kier molecular flexibility index (Phi) is 7.07.